The molecule has 1 saturated heterocycles. The summed E-state index contributed by atoms with van der Waals surface area (Å²) >= 11 is 0. The zero-order valence-electron chi connectivity index (χ0n) is 17.8. The lowest BCUT2D eigenvalue weighted by atomic mass is 10.1. The van der Waals surface area contributed by atoms with Crippen LogP contribution in [0.5, 0.6) is 11.5 Å². The van der Waals surface area contributed by atoms with Crippen molar-refractivity contribution in [2.75, 3.05) is 11.4 Å². The molecule has 2 amide bonds. The molecule has 34 heavy (non-hydrogen) atoms. The van der Waals surface area contributed by atoms with Crippen LogP contribution in [0.3, 0.4) is 0 Å². The van der Waals surface area contributed by atoms with E-state index >= 15 is 0 Å². The van der Waals surface area contributed by atoms with E-state index in [1.807, 2.05) is 0 Å². The molecule has 2 aliphatic heterocycles. The number of carboxylic acids is 1. The number of hydrogen-bond acceptors (Lipinski definition) is 5. The Balaban J connectivity index is 1.61. The van der Waals surface area contributed by atoms with Crippen molar-refractivity contribution in [2.45, 2.75) is 44.3 Å². The predicted octanol–water partition coefficient (Wildman–Crippen LogP) is 3.35. The Bertz CT molecular complexity index is 1090. The minimum Gasteiger partial charge on any atom is -0.486 e. The second kappa shape index (κ2) is 9.24. The monoisotopic (exact) mass is 478 g/mol. The number of benzene rings is 2. The van der Waals surface area contributed by atoms with E-state index in [9.17, 15) is 27.6 Å². The molecule has 8 nitrogen and oxygen atoms in total. The van der Waals surface area contributed by atoms with Crippen molar-refractivity contribution in [3.8, 4) is 11.5 Å². The SMILES string of the molecule is O=C(O)CCC(=O)N1CC2CC1C(=O)N(Cc1ccc(OC(F)(F)F)cc1)c1ccccc1O2. The number of ether oxygens (including phenoxy) is 2. The summed E-state index contributed by atoms with van der Waals surface area (Å²) in [4.78, 5) is 40.0. The third-order valence-electron chi connectivity index (χ3n) is 5.63. The molecule has 1 N–H and O–H groups in total. The van der Waals surface area contributed by atoms with Gasteiger partial charge < -0.3 is 24.4 Å². The van der Waals surface area contributed by atoms with Crippen molar-refractivity contribution in [3.63, 3.8) is 0 Å². The van der Waals surface area contributed by atoms with Gasteiger partial charge in [0.05, 0.1) is 25.2 Å². The number of anilines is 1. The number of carboxylic acid groups (broad SMARTS) is 1. The van der Waals surface area contributed by atoms with Crippen LogP contribution >= 0.6 is 0 Å². The molecule has 2 aliphatic rings. The number of likely N-dealkylation sites (tertiary alicyclic amines) is 1. The maximum Gasteiger partial charge on any atom is 0.573 e. The van der Waals surface area contributed by atoms with Gasteiger partial charge in [-0.25, -0.2) is 0 Å². The highest BCUT2D eigenvalue weighted by molar-refractivity contribution is 6.01. The molecule has 2 atom stereocenters. The summed E-state index contributed by atoms with van der Waals surface area (Å²) in [5.41, 5.74) is 1.01. The molecule has 2 heterocycles. The predicted molar refractivity (Wildman–Crippen MR) is 112 cm³/mol. The van der Waals surface area contributed by atoms with Crippen LogP contribution in [0.15, 0.2) is 48.5 Å². The first-order valence-corrected chi connectivity index (χ1v) is 10.5. The lowest BCUT2D eigenvalue weighted by Gasteiger charge is -2.32. The minimum atomic E-state index is -4.81. The first-order valence-electron chi connectivity index (χ1n) is 10.5. The van der Waals surface area contributed by atoms with Crippen molar-refractivity contribution in [2.24, 2.45) is 0 Å². The lowest BCUT2D eigenvalue weighted by Crippen LogP contribution is -2.47. The van der Waals surface area contributed by atoms with Crippen molar-refractivity contribution < 1.29 is 42.1 Å². The largest absolute Gasteiger partial charge is 0.573 e. The molecular weight excluding hydrogens is 457 g/mol. The Hall–Kier alpha value is -3.76. The highest BCUT2D eigenvalue weighted by Crippen LogP contribution is 2.37. The van der Waals surface area contributed by atoms with Crippen LogP contribution in [0.25, 0.3) is 0 Å². The molecule has 2 bridgehead atoms. The number of carbonyl (C=O) groups is 3. The Morgan fingerprint density at radius 3 is 2.47 bits per heavy atom. The molecule has 180 valence electrons. The zero-order valence-corrected chi connectivity index (χ0v) is 17.8. The number of aliphatic carboxylic acids is 1. The summed E-state index contributed by atoms with van der Waals surface area (Å²) in [7, 11) is 0. The van der Waals surface area contributed by atoms with E-state index in [1.54, 1.807) is 24.3 Å². The second-order valence-corrected chi connectivity index (χ2v) is 8.02. The zero-order chi connectivity index (χ0) is 24.5. The van der Waals surface area contributed by atoms with Crippen LogP contribution in [0.4, 0.5) is 18.9 Å². The molecule has 2 aromatic carbocycles. The van der Waals surface area contributed by atoms with E-state index in [0.29, 0.717) is 17.0 Å². The Morgan fingerprint density at radius 2 is 1.79 bits per heavy atom. The first kappa shape index (κ1) is 23.4. The van der Waals surface area contributed by atoms with Crippen molar-refractivity contribution in [1.82, 2.24) is 4.90 Å². The van der Waals surface area contributed by atoms with Gasteiger partial charge in [-0.2, -0.15) is 0 Å². The number of nitrogens with zero attached hydrogens (tertiary/aromatic N) is 2. The third kappa shape index (κ3) is 5.24. The molecule has 1 fully saturated rings. The van der Waals surface area contributed by atoms with Gasteiger partial charge in [-0.15, -0.1) is 13.2 Å². The average molecular weight is 478 g/mol. The van der Waals surface area contributed by atoms with Crippen molar-refractivity contribution >= 4 is 23.5 Å². The highest BCUT2D eigenvalue weighted by Gasteiger charge is 2.44. The van der Waals surface area contributed by atoms with E-state index < -0.39 is 30.4 Å². The molecule has 0 radical (unpaired) electrons. The van der Waals surface area contributed by atoms with E-state index in [1.165, 1.54) is 21.9 Å². The smallest absolute Gasteiger partial charge is 0.486 e. The fraction of sp³-hybridized carbons (Fsp3) is 0.348. The molecule has 2 unspecified atom stereocenters. The number of halogens is 3. The molecule has 0 saturated carbocycles. The van der Waals surface area contributed by atoms with Crippen molar-refractivity contribution in [1.29, 1.82) is 0 Å². The Kier molecular flexibility index (Phi) is 6.36. The van der Waals surface area contributed by atoms with Crippen LogP contribution in [0, 0.1) is 0 Å². The fourth-order valence-electron chi connectivity index (χ4n) is 4.15. The van der Waals surface area contributed by atoms with Crippen LogP contribution in [0.1, 0.15) is 24.8 Å². The molecule has 2 aromatic rings. The van der Waals surface area contributed by atoms with Crippen LogP contribution < -0.4 is 14.4 Å². The Labute approximate surface area is 192 Å². The molecule has 0 spiro atoms. The van der Waals surface area contributed by atoms with Crippen LogP contribution in [0.2, 0.25) is 0 Å². The number of amides is 2. The maximum absolute atomic E-state index is 13.6. The molecular formula is C23H21F3N2O6. The second-order valence-electron chi connectivity index (χ2n) is 8.02. The quantitative estimate of drug-likeness (QED) is 0.684. The summed E-state index contributed by atoms with van der Waals surface area (Å²) in [5, 5.41) is 8.90. The highest BCUT2D eigenvalue weighted by atomic mass is 19.4. The summed E-state index contributed by atoms with van der Waals surface area (Å²) in [6.07, 6.45) is -5.57. The summed E-state index contributed by atoms with van der Waals surface area (Å²) in [6.45, 7) is 0.171. The first-order chi connectivity index (χ1) is 16.1. The van der Waals surface area contributed by atoms with Gasteiger partial charge in [0.2, 0.25) is 11.8 Å². The molecule has 0 aliphatic carbocycles. The van der Waals surface area contributed by atoms with Gasteiger partial charge in [0.1, 0.15) is 23.6 Å². The summed E-state index contributed by atoms with van der Waals surface area (Å²) < 4.78 is 47.3. The minimum absolute atomic E-state index is 0.0177. The van der Waals surface area contributed by atoms with E-state index in [0.717, 1.165) is 12.1 Å². The topological polar surface area (TPSA) is 96.4 Å². The van der Waals surface area contributed by atoms with Gasteiger partial charge >= 0.3 is 12.3 Å². The Morgan fingerprint density at radius 1 is 1.09 bits per heavy atom. The van der Waals surface area contributed by atoms with Gasteiger partial charge in [-0.3, -0.25) is 14.4 Å². The van der Waals surface area contributed by atoms with E-state index in [4.69, 9.17) is 9.84 Å². The standard InChI is InChI=1S/C23H21F3N2O6/c24-23(25,26)34-15-7-5-14(6-8-15)12-28-17-3-1-2-4-19(17)33-16-11-18(22(28)32)27(13-16)20(29)9-10-21(30)31/h1-8,16,18H,9-13H2,(H,30,31). The van der Waals surface area contributed by atoms with Gasteiger partial charge in [0.25, 0.3) is 0 Å². The number of hydrogen-bond donors (Lipinski definition) is 1. The van der Waals surface area contributed by atoms with Gasteiger partial charge in [0, 0.05) is 12.8 Å². The fourth-order valence-corrected chi connectivity index (χ4v) is 4.15. The lowest BCUT2D eigenvalue weighted by molar-refractivity contribution is -0.274. The molecule has 4 rings (SSSR count). The molecule has 11 heteroatoms. The third-order valence-corrected chi connectivity index (χ3v) is 5.63. The number of carbonyl (C=O) groups excluding carboxylic acids is 2. The van der Waals surface area contributed by atoms with Crippen molar-refractivity contribution in [3.05, 3.63) is 54.1 Å². The van der Waals surface area contributed by atoms with Gasteiger partial charge in [-0.1, -0.05) is 24.3 Å². The maximum atomic E-state index is 13.6. The molecule has 0 aromatic heterocycles. The van der Waals surface area contributed by atoms with Gasteiger partial charge in [0.15, 0.2) is 0 Å². The van der Waals surface area contributed by atoms with E-state index in [2.05, 4.69) is 4.74 Å². The normalized spacial score (nSPS) is 19.7. The number of fused-ring (bicyclic) bond motifs is 3. The van der Waals surface area contributed by atoms with E-state index in [-0.39, 0.29) is 44.0 Å². The van der Waals surface area contributed by atoms with Crippen LogP contribution in [-0.2, 0) is 20.9 Å². The van der Waals surface area contributed by atoms with Gasteiger partial charge in [-0.05, 0) is 29.8 Å². The number of para-hydroxylation sites is 2. The summed E-state index contributed by atoms with van der Waals surface area (Å²) in [5.74, 6) is -1.88. The summed E-state index contributed by atoms with van der Waals surface area (Å²) in [6, 6.07) is 11.2. The average Bonchev–Trinajstić information content (AvgIpc) is 3.20. The number of alkyl halides is 3. The van der Waals surface area contributed by atoms with Crippen LogP contribution in [-0.4, -0.2) is 52.8 Å². The number of rotatable bonds is 6.